The SMILES string of the molecule is CC(O)Nc1ncc(-c2cc(F)cc(-c3ccc(N4CCN(C)C4=O)c(Cl)c3)c2O)cc1N1CCNCC1. The molecule has 2 fully saturated rings. The fourth-order valence-corrected chi connectivity index (χ4v) is 5.14. The summed E-state index contributed by atoms with van der Waals surface area (Å²) in [6, 6.07) is 9.27. The van der Waals surface area contributed by atoms with E-state index in [-0.39, 0.29) is 22.9 Å². The number of hydrogen-bond donors (Lipinski definition) is 4. The number of aromatic nitrogens is 1. The molecule has 0 radical (unpaired) electrons. The molecule has 3 aromatic rings. The Hall–Kier alpha value is -3.60. The first kappa shape index (κ1) is 26.0. The van der Waals surface area contributed by atoms with E-state index in [0.717, 1.165) is 31.9 Å². The second-order valence-corrected chi connectivity index (χ2v) is 9.93. The lowest BCUT2D eigenvalue weighted by molar-refractivity contribution is 0.224. The highest BCUT2D eigenvalue weighted by Crippen LogP contribution is 2.42. The number of carbonyl (C=O) groups is 1. The van der Waals surface area contributed by atoms with Crippen molar-refractivity contribution in [3.63, 3.8) is 0 Å². The van der Waals surface area contributed by atoms with Gasteiger partial charge in [-0.25, -0.2) is 14.2 Å². The minimum Gasteiger partial charge on any atom is -0.507 e. The first-order valence-electron chi connectivity index (χ1n) is 12.5. The molecule has 9 nitrogen and oxygen atoms in total. The Morgan fingerprint density at radius 2 is 1.76 bits per heavy atom. The van der Waals surface area contributed by atoms with Crippen LogP contribution in [0.2, 0.25) is 5.02 Å². The van der Waals surface area contributed by atoms with E-state index in [1.54, 1.807) is 48.2 Å². The van der Waals surface area contributed by atoms with Crippen molar-refractivity contribution in [2.75, 3.05) is 61.4 Å². The molecule has 5 rings (SSSR count). The van der Waals surface area contributed by atoms with Crippen molar-refractivity contribution in [1.82, 2.24) is 15.2 Å². The number of urea groups is 1. The van der Waals surface area contributed by atoms with E-state index in [1.165, 1.54) is 12.1 Å². The van der Waals surface area contributed by atoms with Crippen LogP contribution in [0.15, 0.2) is 42.6 Å². The molecule has 2 aliphatic rings. The Bertz CT molecular complexity index is 1360. The molecule has 2 saturated heterocycles. The molecular formula is C27H30ClFN6O3. The molecule has 3 heterocycles. The standard InChI is InChI=1S/C27H30ClFN6O3/c1-16(36)32-26-24(34-7-5-30-6-8-34)12-18(15-31-26)21-14-19(29)13-20(25(21)37)17-3-4-23(22(28)11-17)35-10-9-33(2)27(35)38/h3-4,11-16,30,36-37H,5-10H2,1-2H3,(H,31,32). The van der Waals surface area contributed by atoms with Crippen LogP contribution in [0.5, 0.6) is 5.75 Å². The van der Waals surface area contributed by atoms with Gasteiger partial charge in [0.1, 0.15) is 17.8 Å². The summed E-state index contributed by atoms with van der Waals surface area (Å²) in [5.41, 5.74) is 2.91. The summed E-state index contributed by atoms with van der Waals surface area (Å²) >= 11 is 6.55. The number of rotatable bonds is 6. The lowest BCUT2D eigenvalue weighted by atomic mass is 9.97. The van der Waals surface area contributed by atoms with Gasteiger partial charge in [-0.3, -0.25) is 4.90 Å². The fraction of sp³-hybridized carbons (Fsp3) is 0.333. The maximum absolute atomic E-state index is 14.9. The van der Waals surface area contributed by atoms with E-state index in [0.29, 0.717) is 40.7 Å². The zero-order valence-corrected chi connectivity index (χ0v) is 22.0. The number of halogens is 2. The van der Waals surface area contributed by atoms with E-state index in [4.69, 9.17) is 11.6 Å². The summed E-state index contributed by atoms with van der Waals surface area (Å²) in [4.78, 5) is 22.2. The number of nitrogens with zero attached hydrogens (tertiary/aromatic N) is 4. The Morgan fingerprint density at radius 3 is 2.39 bits per heavy atom. The molecule has 2 aliphatic heterocycles. The van der Waals surface area contributed by atoms with Gasteiger partial charge in [0.05, 0.1) is 16.4 Å². The van der Waals surface area contributed by atoms with Gasteiger partial charge in [-0.05, 0) is 42.8 Å². The second kappa shape index (κ2) is 10.6. The molecular weight excluding hydrogens is 511 g/mol. The van der Waals surface area contributed by atoms with Crippen molar-refractivity contribution in [1.29, 1.82) is 0 Å². The quantitative estimate of drug-likeness (QED) is 0.351. The van der Waals surface area contributed by atoms with Gasteiger partial charge in [-0.2, -0.15) is 0 Å². The van der Waals surface area contributed by atoms with Crippen molar-refractivity contribution in [3.8, 4) is 28.0 Å². The largest absolute Gasteiger partial charge is 0.507 e. The monoisotopic (exact) mass is 540 g/mol. The van der Waals surface area contributed by atoms with Gasteiger partial charge in [0.15, 0.2) is 5.82 Å². The number of likely N-dealkylation sites (N-methyl/N-ethyl adjacent to an activating group) is 1. The molecule has 2 aromatic carbocycles. The third kappa shape index (κ3) is 5.07. The van der Waals surface area contributed by atoms with Gasteiger partial charge in [0.2, 0.25) is 0 Å². The van der Waals surface area contributed by atoms with Crippen LogP contribution in [0.4, 0.5) is 26.4 Å². The van der Waals surface area contributed by atoms with E-state index in [2.05, 4.69) is 20.5 Å². The number of anilines is 3. The van der Waals surface area contributed by atoms with Crippen molar-refractivity contribution >= 4 is 34.8 Å². The molecule has 0 saturated carbocycles. The Labute approximate surface area is 225 Å². The van der Waals surface area contributed by atoms with Crippen LogP contribution < -0.4 is 20.4 Å². The van der Waals surface area contributed by atoms with Crippen molar-refractivity contribution in [2.24, 2.45) is 0 Å². The Balaban J connectivity index is 1.54. The number of pyridine rings is 1. The van der Waals surface area contributed by atoms with Gasteiger partial charge < -0.3 is 30.6 Å². The van der Waals surface area contributed by atoms with E-state index >= 15 is 0 Å². The van der Waals surface area contributed by atoms with Crippen LogP contribution in [0.25, 0.3) is 22.3 Å². The summed E-state index contributed by atoms with van der Waals surface area (Å²) in [6.07, 6.45) is 0.730. The van der Waals surface area contributed by atoms with Gasteiger partial charge in [0.25, 0.3) is 0 Å². The maximum Gasteiger partial charge on any atom is 0.324 e. The molecule has 4 N–H and O–H groups in total. The summed E-state index contributed by atoms with van der Waals surface area (Å²) < 4.78 is 14.9. The molecule has 38 heavy (non-hydrogen) atoms. The van der Waals surface area contributed by atoms with Gasteiger partial charge in [0, 0.05) is 69.2 Å². The number of hydrogen-bond acceptors (Lipinski definition) is 7. The predicted molar refractivity (Wildman–Crippen MR) is 147 cm³/mol. The highest BCUT2D eigenvalue weighted by molar-refractivity contribution is 6.34. The molecule has 1 aromatic heterocycles. The number of phenolic OH excluding ortho intramolecular Hbond substituents is 1. The Kier molecular flexibility index (Phi) is 7.29. The van der Waals surface area contributed by atoms with Crippen LogP contribution in [0.3, 0.4) is 0 Å². The van der Waals surface area contributed by atoms with E-state index < -0.39 is 12.0 Å². The Morgan fingerprint density at radius 1 is 1.05 bits per heavy atom. The smallest absolute Gasteiger partial charge is 0.324 e. The van der Waals surface area contributed by atoms with E-state index in [9.17, 15) is 19.4 Å². The van der Waals surface area contributed by atoms with Gasteiger partial charge in [-0.15, -0.1) is 0 Å². The number of benzene rings is 2. The highest BCUT2D eigenvalue weighted by atomic mass is 35.5. The number of carbonyl (C=O) groups excluding carboxylic acids is 1. The average molecular weight is 541 g/mol. The second-order valence-electron chi connectivity index (χ2n) is 9.52. The maximum atomic E-state index is 14.9. The summed E-state index contributed by atoms with van der Waals surface area (Å²) in [5, 5.41) is 27.8. The number of nitrogens with one attached hydrogen (secondary N) is 2. The zero-order valence-electron chi connectivity index (χ0n) is 21.2. The van der Waals surface area contributed by atoms with Crippen molar-refractivity contribution < 1.29 is 19.4 Å². The van der Waals surface area contributed by atoms with Crippen LogP contribution in [0.1, 0.15) is 6.92 Å². The number of aromatic hydroxyl groups is 1. The molecule has 11 heteroatoms. The average Bonchev–Trinajstić information content (AvgIpc) is 3.23. The number of aliphatic hydroxyl groups excluding tert-OH is 1. The zero-order chi connectivity index (χ0) is 27.0. The number of piperazine rings is 1. The van der Waals surface area contributed by atoms with Crippen LogP contribution in [-0.4, -0.2) is 78.7 Å². The topological polar surface area (TPSA) is 104 Å². The molecule has 0 aliphatic carbocycles. The summed E-state index contributed by atoms with van der Waals surface area (Å²) in [7, 11) is 1.73. The number of phenols is 1. The number of amides is 2. The highest BCUT2D eigenvalue weighted by Gasteiger charge is 2.28. The third-order valence-electron chi connectivity index (χ3n) is 6.82. The number of aliphatic hydroxyl groups is 1. The van der Waals surface area contributed by atoms with E-state index in [1.807, 2.05) is 6.07 Å². The molecule has 0 spiro atoms. The normalized spacial score (nSPS) is 16.8. The van der Waals surface area contributed by atoms with Crippen LogP contribution in [-0.2, 0) is 0 Å². The fourth-order valence-electron chi connectivity index (χ4n) is 4.86. The summed E-state index contributed by atoms with van der Waals surface area (Å²) in [5.74, 6) is -0.137. The summed E-state index contributed by atoms with van der Waals surface area (Å²) in [6.45, 7) is 5.79. The first-order valence-corrected chi connectivity index (χ1v) is 12.9. The minimum atomic E-state index is -0.812. The minimum absolute atomic E-state index is 0.114. The third-order valence-corrected chi connectivity index (χ3v) is 7.13. The van der Waals surface area contributed by atoms with Crippen LogP contribution in [0, 0.1) is 5.82 Å². The van der Waals surface area contributed by atoms with Crippen LogP contribution >= 0.6 is 11.6 Å². The molecule has 1 atom stereocenters. The molecule has 0 bridgehead atoms. The lowest BCUT2D eigenvalue weighted by Gasteiger charge is -2.31. The molecule has 1 unspecified atom stereocenters. The lowest BCUT2D eigenvalue weighted by Crippen LogP contribution is -2.44. The predicted octanol–water partition coefficient (Wildman–Crippen LogP) is 3.95. The van der Waals surface area contributed by atoms with Gasteiger partial charge in [-0.1, -0.05) is 17.7 Å². The van der Waals surface area contributed by atoms with Crippen molar-refractivity contribution in [2.45, 2.75) is 13.2 Å². The molecule has 2 amide bonds. The first-order chi connectivity index (χ1) is 18.2. The molecule has 200 valence electrons. The van der Waals surface area contributed by atoms with Crippen molar-refractivity contribution in [3.05, 3.63) is 53.4 Å². The van der Waals surface area contributed by atoms with Gasteiger partial charge >= 0.3 is 6.03 Å².